The van der Waals surface area contributed by atoms with Crippen molar-refractivity contribution in [3.63, 3.8) is 0 Å². The Labute approximate surface area is 140 Å². The lowest BCUT2D eigenvalue weighted by Gasteiger charge is -2.29. The monoisotopic (exact) mass is 344 g/mol. The molecule has 0 amide bonds. The van der Waals surface area contributed by atoms with Crippen molar-refractivity contribution < 1.29 is 27.8 Å². The molecule has 24 heavy (non-hydrogen) atoms. The molecular weight excluding hydrogens is 321 g/mol. The Morgan fingerprint density at radius 1 is 1.17 bits per heavy atom. The minimum absolute atomic E-state index is 0.0582. The summed E-state index contributed by atoms with van der Waals surface area (Å²) in [7, 11) is 0. The van der Waals surface area contributed by atoms with Crippen LogP contribution in [0.5, 0.6) is 5.75 Å². The number of carbonyl (C=O) groups is 1. The van der Waals surface area contributed by atoms with Crippen LogP contribution in [0.15, 0.2) is 17.7 Å². The SMILES string of the molecule is CC.Cc1cc2c(cc1C(C)(C)C)OC(C(F)(F)F)C(C(=O)O)=C2. The lowest BCUT2D eigenvalue weighted by molar-refractivity contribution is -0.187. The maximum absolute atomic E-state index is 13.0. The zero-order valence-electron chi connectivity index (χ0n) is 14.7. The molecule has 1 heterocycles. The molecule has 1 N–H and O–H groups in total. The largest absolute Gasteiger partial charge is 0.478 e. The zero-order chi connectivity index (χ0) is 18.9. The van der Waals surface area contributed by atoms with Crippen molar-refractivity contribution in [3.05, 3.63) is 34.4 Å². The molecule has 6 heteroatoms. The average Bonchev–Trinajstić information content (AvgIpc) is 2.45. The van der Waals surface area contributed by atoms with Gasteiger partial charge >= 0.3 is 12.1 Å². The molecule has 0 aromatic heterocycles. The molecule has 1 aromatic carbocycles. The van der Waals surface area contributed by atoms with Crippen LogP contribution in [0.4, 0.5) is 13.2 Å². The van der Waals surface area contributed by atoms with Crippen molar-refractivity contribution in [2.75, 3.05) is 0 Å². The minimum Gasteiger partial charge on any atom is -0.478 e. The molecule has 134 valence electrons. The van der Waals surface area contributed by atoms with Gasteiger partial charge in [0.05, 0.1) is 5.57 Å². The fourth-order valence-corrected chi connectivity index (χ4v) is 2.58. The highest BCUT2D eigenvalue weighted by molar-refractivity contribution is 5.95. The average molecular weight is 344 g/mol. The Morgan fingerprint density at radius 3 is 2.12 bits per heavy atom. The van der Waals surface area contributed by atoms with Crippen molar-refractivity contribution in [1.82, 2.24) is 0 Å². The van der Waals surface area contributed by atoms with Crippen molar-refractivity contribution in [2.45, 2.75) is 59.2 Å². The Kier molecular flexibility index (Phi) is 5.74. The normalized spacial score (nSPS) is 17.0. The number of aryl methyl sites for hydroxylation is 1. The van der Waals surface area contributed by atoms with E-state index in [9.17, 15) is 18.0 Å². The lowest BCUT2D eigenvalue weighted by Crippen LogP contribution is -2.40. The van der Waals surface area contributed by atoms with Gasteiger partial charge in [-0.3, -0.25) is 0 Å². The van der Waals surface area contributed by atoms with Gasteiger partial charge < -0.3 is 9.84 Å². The van der Waals surface area contributed by atoms with Crippen molar-refractivity contribution >= 4 is 12.0 Å². The third-order valence-electron chi connectivity index (χ3n) is 3.55. The third kappa shape index (κ3) is 4.10. The summed E-state index contributed by atoms with van der Waals surface area (Å²) in [6, 6.07) is 3.23. The number of rotatable bonds is 1. The first-order valence-corrected chi connectivity index (χ1v) is 7.74. The summed E-state index contributed by atoms with van der Waals surface area (Å²) in [4.78, 5) is 11.1. The summed E-state index contributed by atoms with van der Waals surface area (Å²) in [6.45, 7) is 11.7. The van der Waals surface area contributed by atoms with Gasteiger partial charge in [-0.15, -0.1) is 0 Å². The Morgan fingerprint density at radius 2 is 1.71 bits per heavy atom. The number of halogens is 3. The Hall–Kier alpha value is -1.98. The van der Waals surface area contributed by atoms with E-state index >= 15 is 0 Å². The van der Waals surface area contributed by atoms with Crippen molar-refractivity contribution in [3.8, 4) is 5.75 Å². The quantitative estimate of drug-likeness (QED) is 0.770. The van der Waals surface area contributed by atoms with Crippen LogP contribution in [0.2, 0.25) is 0 Å². The summed E-state index contributed by atoms with van der Waals surface area (Å²) in [5, 5.41) is 9.00. The van der Waals surface area contributed by atoms with Gasteiger partial charge in [-0.2, -0.15) is 13.2 Å². The van der Waals surface area contributed by atoms with E-state index in [0.717, 1.165) is 17.2 Å². The molecule has 1 aliphatic heterocycles. The number of aliphatic carboxylic acids is 1. The molecule has 0 saturated carbocycles. The number of ether oxygens (including phenoxy) is 1. The molecule has 1 aromatic rings. The molecule has 0 spiro atoms. The molecule has 0 bridgehead atoms. The molecule has 0 saturated heterocycles. The van der Waals surface area contributed by atoms with E-state index in [0.29, 0.717) is 5.56 Å². The maximum atomic E-state index is 13.0. The molecule has 2 rings (SSSR count). The Bertz CT molecular complexity index is 653. The first kappa shape index (κ1) is 20.1. The van der Waals surface area contributed by atoms with Gasteiger partial charge in [-0.25, -0.2) is 4.79 Å². The molecular formula is C18H23F3O3. The summed E-state index contributed by atoms with van der Waals surface area (Å²) in [5.41, 5.74) is 1.03. The second-order valence-electron chi connectivity index (χ2n) is 6.40. The predicted molar refractivity (Wildman–Crippen MR) is 87.3 cm³/mol. The minimum atomic E-state index is -4.78. The highest BCUT2D eigenvalue weighted by atomic mass is 19.4. The number of alkyl halides is 3. The topological polar surface area (TPSA) is 46.5 Å². The first-order valence-electron chi connectivity index (χ1n) is 7.74. The van der Waals surface area contributed by atoms with E-state index in [2.05, 4.69) is 0 Å². The van der Waals surface area contributed by atoms with Gasteiger partial charge in [-0.1, -0.05) is 34.6 Å². The second-order valence-corrected chi connectivity index (χ2v) is 6.40. The Balaban J connectivity index is 0.00000139. The summed E-state index contributed by atoms with van der Waals surface area (Å²) < 4.78 is 44.1. The van der Waals surface area contributed by atoms with Crippen LogP contribution in [0.3, 0.4) is 0 Å². The van der Waals surface area contributed by atoms with Crippen LogP contribution in [-0.2, 0) is 10.2 Å². The van der Waals surface area contributed by atoms with Gasteiger partial charge in [0.1, 0.15) is 5.75 Å². The highest BCUT2D eigenvalue weighted by Crippen LogP contribution is 2.40. The summed E-state index contributed by atoms with van der Waals surface area (Å²) in [5.74, 6) is -1.58. The number of carboxylic acids is 1. The van der Waals surface area contributed by atoms with E-state index in [1.54, 1.807) is 12.1 Å². The van der Waals surface area contributed by atoms with Crippen LogP contribution in [0, 0.1) is 6.92 Å². The van der Waals surface area contributed by atoms with Crippen LogP contribution < -0.4 is 4.74 Å². The van der Waals surface area contributed by atoms with Crippen LogP contribution >= 0.6 is 0 Å². The van der Waals surface area contributed by atoms with Gasteiger partial charge in [0.15, 0.2) is 0 Å². The number of fused-ring (bicyclic) bond motifs is 1. The highest BCUT2D eigenvalue weighted by Gasteiger charge is 2.48. The van der Waals surface area contributed by atoms with Crippen LogP contribution in [-0.4, -0.2) is 23.4 Å². The number of hydrogen-bond donors (Lipinski definition) is 1. The molecule has 1 aliphatic rings. The molecule has 0 radical (unpaired) electrons. The van der Waals surface area contributed by atoms with Gasteiger partial charge in [-0.05, 0) is 41.7 Å². The molecule has 1 atom stereocenters. The van der Waals surface area contributed by atoms with Gasteiger partial charge in [0.25, 0.3) is 0 Å². The van der Waals surface area contributed by atoms with Gasteiger partial charge in [0.2, 0.25) is 6.10 Å². The smallest absolute Gasteiger partial charge is 0.430 e. The molecule has 0 aliphatic carbocycles. The lowest BCUT2D eigenvalue weighted by atomic mass is 9.82. The molecule has 1 unspecified atom stereocenters. The summed E-state index contributed by atoms with van der Waals surface area (Å²) in [6.07, 6.45) is -6.19. The fourth-order valence-electron chi connectivity index (χ4n) is 2.58. The fraction of sp³-hybridized carbons (Fsp3) is 0.500. The maximum Gasteiger partial charge on any atom is 0.430 e. The van der Waals surface area contributed by atoms with E-state index in [1.165, 1.54) is 0 Å². The third-order valence-corrected chi connectivity index (χ3v) is 3.55. The van der Waals surface area contributed by atoms with E-state index in [-0.39, 0.29) is 11.2 Å². The van der Waals surface area contributed by atoms with E-state index in [4.69, 9.17) is 9.84 Å². The standard InChI is InChI=1S/C16H17F3O3.C2H6/c1-8-5-9-6-10(14(20)21)13(16(17,18)19)22-12(9)7-11(8)15(2,3)4;1-2/h5-7,13H,1-4H3,(H,20,21);1-2H3. The second kappa shape index (κ2) is 6.87. The van der Waals surface area contributed by atoms with E-state index in [1.807, 2.05) is 41.5 Å². The van der Waals surface area contributed by atoms with Crippen molar-refractivity contribution in [1.29, 1.82) is 0 Å². The van der Waals surface area contributed by atoms with Gasteiger partial charge in [0, 0.05) is 5.56 Å². The zero-order valence-corrected chi connectivity index (χ0v) is 14.7. The van der Waals surface area contributed by atoms with E-state index < -0.39 is 23.8 Å². The number of benzene rings is 1. The molecule has 3 nitrogen and oxygen atoms in total. The predicted octanol–water partition coefficient (Wildman–Crippen LogP) is 5.11. The van der Waals surface area contributed by atoms with Crippen LogP contribution in [0.25, 0.3) is 6.08 Å². The first-order chi connectivity index (χ1) is 10.9. The molecule has 0 fully saturated rings. The summed E-state index contributed by atoms with van der Waals surface area (Å²) >= 11 is 0. The van der Waals surface area contributed by atoms with Crippen molar-refractivity contribution in [2.24, 2.45) is 0 Å². The van der Waals surface area contributed by atoms with Crippen LogP contribution in [0.1, 0.15) is 51.3 Å². The number of hydrogen-bond acceptors (Lipinski definition) is 2. The number of carboxylic acid groups (broad SMARTS) is 1.